The molecule has 1 saturated heterocycles. The molecule has 17 heavy (non-hydrogen) atoms. The van der Waals surface area contributed by atoms with E-state index < -0.39 is 0 Å². The molecule has 1 amide bonds. The second-order valence-electron chi connectivity index (χ2n) is 5.13. The summed E-state index contributed by atoms with van der Waals surface area (Å²) in [5.41, 5.74) is 7.28. The molecule has 1 aromatic rings. The third-order valence-electron chi connectivity index (χ3n) is 3.69. The second-order valence-corrected chi connectivity index (χ2v) is 5.13. The Labute approximate surface area is 101 Å². The molecule has 0 radical (unpaired) electrons. The van der Waals surface area contributed by atoms with Crippen molar-refractivity contribution >= 4 is 5.91 Å². The van der Waals surface area contributed by atoms with Crippen LogP contribution in [0.1, 0.15) is 37.3 Å². The Morgan fingerprint density at radius 3 is 2.76 bits per heavy atom. The molecule has 2 fully saturated rings. The zero-order chi connectivity index (χ0) is 12.0. The molecule has 3 rings (SSSR count). The van der Waals surface area contributed by atoms with E-state index in [1.807, 2.05) is 24.3 Å². The summed E-state index contributed by atoms with van der Waals surface area (Å²) < 4.78 is 1.77. The molecule has 1 aliphatic carbocycles. The zero-order valence-electron chi connectivity index (χ0n) is 10.0. The predicted molar refractivity (Wildman–Crippen MR) is 63.0 cm³/mol. The van der Waals surface area contributed by atoms with Gasteiger partial charge in [-0.3, -0.25) is 9.48 Å². The molecule has 5 nitrogen and oxygen atoms in total. The fourth-order valence-electron chi connectivity index (χ4n) is 2.72. The summed E-state index contributed by atoms with van der Waals surface area (Å²) in [7, 11) is 1.89. The van der Waals surface area contributed by atoms with Crippen molar-refractivity contribution in [1.82, 2.24) is 14.7 Å². The van der Waals surface area contributed by atoms with Crippen molar-refractivity contribution in [2.45, 2.75) is 43.8 Å². The summed E-state index contributed by atoms with van der Waals surface area (Å²) in [6.45, 7) is 0. The number of piperidine rings is 1. The molecule has 5 heteroatoms. The van der Waals surface area contributed by atoms with E-state index in [0.717, 1.165) is 24.8 Å². The Morgan fingerprint density at radius 1 is 1.41 bits per heavy atom. The first-order valence-electron chi connectivity index (χ1n) is 6.22. The van der Waals surface area contributed by atoms with Crippen molar-refractivity contribution in [3.63, 3.8) is 0 Å². The van der Waals surface area contributed by atoms with E-state index in [0.29, 0.717) is 12.5 Å². The minimum Gasteiger partial charge on any atom is -0.331 e. The lowest BCUT2D eigenvalue weighted by Crippen LogP contribution is -2.49. The van der Waals surface area contributed by atoms with Crippen LogP contribution in [0, 0.1) is 0 Å². The predicted octanol–water partition coefficient (Wildman–Crippen LogP) is 0.573. The number of nitrogens with zero attached hydrogens (tertiary/aromatic N) is 3. The summed E-state index contributed by atoms with van der Waals surface area (Å²) >= 11 is 0. The first-order valence-corrected chi connectivity index (χ1v) is 6.22. The van der Waals surface area contributed by atoms with Crippen LogP contribution in [0.4, 0.5) is 0 Å². The number of aryl methyl sites for hydroxylation is 1. The highest BCUT2D eigenvalue weighted by atomic mass is 16.2. The van der Waals surface area contributed by atoms with Gasteiger partial charge in [0.05, 0.1) is 12.2 Å². The quantitative estimate of drug-likeness (QED) is 0.813. The van der Waals surface area contributed by atoms with E-state index >= 15 is 0 Å². The minimum atomic E-state index is 0.0254. The number of amides is 1. The molecule has 2 heterocycles. The molecular weight excluding hydrogens is 216 g/mol. The fourth-order valence-corrected chi connectivity index (χ4v) is 2.72. The molecule has 2 unspecified atom stereocenters. The molecule has 0 spiro atoms. The van der Waals surface area contributed by atoms with Crippen LogP contribution in [0.2, 0.25) is 0 Å². The van der Waals surface area contributed by atoms with E-state index in [-0.39, 0.29) is 18.0 Å². The normalized spacial score (nSPS) is 29.8. The van der Waals surface area contributed by atoms with Gasteiger partial charge in [-0.15, -0.1) is 0 Å². The van der Waals surface area contributed by atoms with Gasteiger partial charge in [-0.2, -0.15) is 5.10 Å². The molecule has 92 valence electrons. The Kier molecular flexibility index (Phi) is 2.43. The van der Waals surface area contributed by atoms with E-state index in [4.69, 9.17) is 5.73 Å². The first-order chi connectivity index (χ1) is 8.16. The van der Waals surface area contributed by atoms with Gasteiger partial charge in [0.25, 0.3) is 0 Å². The Bertz CT molecular complexity index is 437. The van der Waals surface area contributed by atoms with Crippen molar-refractivity contribution in [3.05, 3.63) is 18.0 Å². The van der Waals surface area contributed by atoms with E-state index in [2.05, 4.69) is 5.10 Å². The average molecular weight is 234 g/mol. The van der Waals surface area contributed by atoms with Crippen molar-refractivity contribution in [3.8, 4) is 0 Å². The Balaban J connectivity index is 1.94. The van der Waals surface area contributed by atoms with Gasteiger partial charge < -0.3 is 10.6 Å². The van der Waals surface area contributed by atoms with Crippen molar-refractivity contribution in [1.29, 1.82) is 0 Å². The largest absolute Gasteiger partial charge is 0.331 e. The number of nitrogens with two attached hydrogens (primary N) is 1. The van der Waals surface area contributed by atoms with Gasteiger partial charge in [-0.05, 0) is 19.3 Å². The summed E-state index contributed by atoms with van der Waals surface area (Å²) in [4.78, 5) is 14.1. The monoisotopic (exact) mass is 234 g/mol. The van der Waals surface area contributed by atoms with Crippen LogP contribution in [0.3, 0.4) is 0 Å². The molecule has 2 atom stereocenters. The molecule has 1 aliphatic heterocycles. The highest BCUT2D eigenvalue weighted by Crippen LogP contribution is 2.39. The lowest BCUT2D eigenvalue weighted by Gasteiger charge is -2.39. The molecule has 2 aliphatic rings. The minimum absolute atomic E-state index is 0.0254. The van der Waals surface area contributed by atoms with Gasteiger partial charge >= 0.3 is 0 Å². The molecule has 0 bridgehead atoms. The van der Waals surface area contributed by atoms with Gasteiger partial charge in [-0.1, -0.05) is 0 Å². The average Bonchev–Trinajstić information content (AvgIpc) is 3.04. The molecule has 2 N–H and O–H groups in total. The maximum absolute atomic E-state index is 12.1. The summed E-state index contributed by atoms with van der Waals surface area (Å²) in [6.07, 6.45) is 7.41. The molecule has 1 aromatic heterocycles. The van der Waals surface area contributed by atoms with Crippen LogP contribution in [0.15, 0.2) is 12.4 Å². The topological polar surface area (TPSA) is 64.2 Å². The van der Waals surface area contributed by atoms with Crippen molar-refractivity contribution in [2.24, 2.45) is 12.8 Å². The lowest BCUT2D eigenvalue weighted by atomic mass is 9.92. The van der Waals surface area contributed by atoms with Crippen LogP contribution in [-0.2, 0) is 11.8 Å². The number of carbonyl (C=O) groups excluding carboxylic acids is 1. The third kappa shape index (κ3) is 1.84. The van der Waals surface area contributed by atoms with Crippen LogP contribution < -0.4 is 5.73 Å². The maximum atomic E-state index is 12.1. The highest BCUT2D eigenvalue weighted by Gasteiger charge is 2.43. The van der Waals surface area contributed by atoms with Crippen LogP contribution in [-0.4, -0.2) is 32.7 Å². The van der Waals surface area contributed by atoms with Gasteiger partial charge in [0.1, 0.15) is 0 Å². The number of hydrogen-bond donors (Lipinski definition) is 1. The van der Waals surface area contributed by atoms with Gasteiger partial charge in [0, 0.05) is 37.3 Å². The standard InChI is InChI=1S/C12H18N4O/c1-15-7-8(6-14-15)12-10(13)4-5-11(17)16(12)9-2-3-9/h6-7,9-10,12H,2-5,13H2,1H3. The molecule has 1 saturated carbocycles. The van der Waals surface area contributed by atoms with Crippen LogP contribution in [0.25, 0.3) is 0 Å². The third-order valence-corrected chi connectivity index (χ3v) is 3.69. The van der Waals surface area contributed by atoms with Crippen LogP contribution >= 0.6 is 0 Å². The number of likely N-dealkylation sites (tertiary alicyclic amines) is 1. The van der Waals surface area contributed by atoms with E-state index in [1.165, 1.54) is 0 Å². The summed E-state index contributed by atoms with van der Waals surface area (Å²) in [5.74, 6) is 0.253. The number of aromatic nitrogens is 2. The van der Waals surface area contributed by atoms with E-state index in [1.54, 1.807) is 4.68 Å². The van der Waals surface area contributed by atoms with Gasteiger partial charge in [0.2, 0.25) is 5.91 Å². The molecular formula is C12H18N4O. The number of rotatable bonds is 2. The van der Waals surface area contributed by atoms with Crippen molar-refractivity contribution in [2.75, 3.05) is 0 Å². The Morgan fingerprint density at radius 2 is 2.18 bits per heavy atom. The SMILES string of the molecule is Cn1cc(C2C(N)CCC(=O)N2C2CC2)cn1. The second kappa shape index (κ2) is 3.84. The zero-order valence-corrected chi connectivity index (χ0v) is 10.0. The van der Waals surface area contributed by atoms with Crippen molar-refractivity contribution < 1.29 is 4.79 Å². The summed E-state index contributed by atoms with van der Waals surface area (Å²) in [6, 6.07) is 0.481. The first kappa shape index (κ1) is 10.8. The number of carbonyl (C=O) groups is 1. The number of hydrogen-bond acceptors (Lipinski definition) is 3. The van der Waals surface area contributed by atoms with E-state index in [9.17, 15) is 4.79 Å². The maximum Gasteiger partial charge on any atom is 0.223 e. The van der Waals surface area contributed by atoms with Gasteiger partial charge in [0.15, 0.2) is 0 Å². The van der Waals surface area contributed by atoms with Crippen LogP contribution in [0.5, 0.6) is 0 Å². The highest BCUT2D eigenvalue weighted by molar-refractivity contribution is 5.78. The van der Waals surface area contributed by atoms with Gasteiger partial charge in [-0.25, -0.2) is 0 Å². The smallest absolute Gasteiger partial charge is 0.223 e. The lowest BCUT2D eigenvalue weighted by molar-refractivity contribution is -0.138. The molecule has 0 aromatic carbocycles. The summed E-state index contributed by atoms with van der Waals surface area (Å²) in [5, 5.41) is 4.19. The Hall–Kier alpha value is -1.36. The fraction of sp³-hybridized carbons (Fsp3) is 0.667.